The van der Waals surface area contributed by atoms with Gasteiger partial charge in [-0.25, -0.2) is 0 Å². The van der Waals surface area contributed by atoms with E-state index in [0.717, 1.165) is 28.4 Å². The van der Waals surface area contributed by atoms with Crippen molar-refractivity contribution in [1.29, 1.82) is 0 Å². The lowest BCUT2D eigenvalue weighted by Gasteiger charge is -2.22. The van der Waals surface area contributed by atoms with Crippen molar-refractivity contribution in [2.45, 2.75) is 18.5 Å². The zero-order valence-electron chi connectivity index (χ0n) is 15.3. The molecule has 0 spiro atoms. The van der Waals surface area contributed by atoms with Crippen molar-refractivity contribution in [3.8, 4) is 17.2 Å². The monoisotopic (exact) mass is 370 g/mol. The molecule has 3 aliphatic rings. The zero-order chi connectivity index (χ0) is 18.4. The summed E-state index contributed by atoms with van der Waals surface area (Å²) in [6, 6.07) is 14.0. The minimum Gasteiger partial charge on any atom is -0.497 e. The van der Waals surface area contributed by atoms with Crippen molar-refractivity contribution in [3.05, 3.63) is 53.6 Å². The van der Waals surface area contributed by atoms with E-state index in [1.165, 1.54) is 0 Å². The van der Waals surface area contributed by atoms with Gasteiger partial charge in [0.05, 0.1) is 25.9 Å². The van der Waals surface area contributed by atoms with E-state index in [4.69, 9.17) is 28.4 Å². The molecule has 0 amide bonds. The maximum absolute atomic E-state index is 6.30. The lowest BCUT2D eigenvalue weighted by Crippen LogP contribution is -2.24. The number of fused-ring (bicyclic) bond motifs is 2. The van der Waals surface area contributed by atoms with E-state index in [-0.39, 0.29) is 37.1 Å². The Kier molecular flexibility index (Phi) is 4.19. The summed E-state index contributed by atoms with van der Waals surface area (Å²) >= 11 is 0. The van der Waals surface area contributed by atoms with Crippen LogP contribution in [0.2, 0.25) is 0 Å². The molecule has 2 aromatic rings. The Morgan fingerprint density at radius 3 is 2.44 bits per heavy atom. The fourth-order valence-corrected chi connectivity index (χ4v) is 4.37. The third kappa shape index (κ3) is 2.76. The van der Waals surface area contributed by atoms with Gasteiger partial charge in [-0.15, -0.1) is 0 Å². The molecule has 6 heteroatoms. The molecule has 2 fully saturated rings. The van der Waals surface area contributed by atoms with E-state index >= 15 is 0 Å². The summed E-state index contributed by atoms with van der Waals surface area (Å²) in [6.07, 6.45) is -0.484. The van der Waals surface area contributed by atoms with Crippen LogP contribution >= 0.6 is 0 Å². The van der Waals surface area contributed by atoms with Crippen LogP contribution in [0.25, 0.3) is 0 Å². The quantitative estimate of drug-likeness (QED) is 0.821. The fourth-order valence-electron chi connectivity index (χ4n) is 4.37. The van der Waals surface area contributed by atoms with Gasteiger partial charge in [-0.2, -0.15) is 0 Å². The van der Waals surface area contributed by atoms with Gasteiger partial charge in [0.2, 0.25) is 6.79 Å². The van der Waals surface area contributed by atoms with Crippen LogP contribution in [0.3, 0.4) is 0 Å². The van der Waals surface area contributed by atoms with Gasteiger partial charge in [0.25, 0.3) is 0 Å². The van der Waals surface area contributed by atoms with Crippen molar-refractivity contribution in [3.63, 3.8) is 0 Å². The maximum atomic E-state index is 6.30. The third-order valence-corrected chi connectivity index (χ3v) is 5.70. The van der Waals surface area contributed by atoms with Crippen LogP contribution in [0.15, 0.2) is 42.5 Å². The Morgan fingerprint density at radius 2 is 1.67 bits per heavy atom. The second-order valence-corrected chi connectivity index (χ2v) is 7.04. The second-order valence-electron chi connectivity index (χ2n) is 7.04. The molecule has 2 aromatic carbocycles. The van der Waals surface area contributed by atoms with E-state index in [9.17, 15) is 0 Å². The molecule has 0 aromatic heterocycles. The van der Waals surface area contributed by atoms with Crippen LogP contribution in [0.1, 0.15) is 23.3 Å². The van der Waals surface area contributed by atoms with Gasteiger partial charge < -0.3 is 28.4 Å². The Balaban J connectivity index is 1.43. The van der Waals surface area contributed by atoms with E-state index < -0.39 is 0 Å². The van der Waals surface area contributed by atoms with Crippen LogP contribution in [-0.4, -0.2) is 33.9 Å². The average Bonchev–Trinajstić information content (AvgIpc) is 3.42. The molecule has 3 aliphatic heterocycles. The molecule has 0 radical (unpaired) electrons. The first kappa shape index (κ1) is 16.9. The van der Waals surface area contributed by atoms with Crippen molar-refractivity contribution in [2.24, 2.45) is 11.8 Å². The Bertz CT molecular complexity index is 820. The topological polar surface area (TPSA) is 55.4 Å². The van der Waals surface area contributed by atoms with E-state index in [0.29, 0.717) is 6.61 Å². The SMILES string of the molecule is COc1ccc([C@@H]2OC[C@H]3[C@@H]2[C@H](OC)O[C@H]3c2ccc3c(c2)OCO3)cc1. The standard InChI is InChI=1S/C21H22O6/c1-22-14-6-3-12(4-7-14)20-18-15(10-24-20)19(27-21(18)23-2)13-5-8-16-17(9-13)26-11-25-16/h3-9,15,18-21H,10-11H2,1-2H3/t15-,18-,19-,20-,21+/m0/s1. The number of ether oxygens (including phenoxy) is 6. The average molecular weight is 370 g/mol. The highest BCUT2D eigenvalue weighted by Gasteiger charge is 2.54. The first-order chi connectivity index (χ1) is 13.3. The molecule has 6 nitrogen and oxygen atoms in total. The molecule has 0 bridgehead atoms. The molecular weight excluding hydrogens is 348 g/mol. The third-order valence-electron chi connectivity index (χ3n) is 5.70. The van der Waals surface area contributed by atoms with Gasteiger partial charge >= 0.3 is 0 Å². The summed E-state index contributed by atoms with van der Waals surface area (Å²) in [5.74, 6) is 2.70. The first-order valence-corrected chi connectivity index (χ1v) is 9.12. The van der Waals surface area contributed by atoms with Crippen LogP contribution in [-0.2, 0) is 14.2 Å². The van der Waals surface area contributed by atoms with E-state index in [1.54, 1.807) is 14.2 Å². The van der Waals surface area contributed by atoms with Gasteiger partial charge in [0.15, 0.2) is 17.8 Å². The highest BCUT2D eigenvalue weighted by Crippen LogP contribution is 2.54. The Hall–Kier alpha value is -2.28. The zero-order valence-corrected chi connectivity index (χ0v) is 15.3. The minimum absolute atomic E-state index is 0.0649. The van der Waals surface area contributed by atoms with E-state index in [2.05, 4.69) is 0 Å². The van der Waals surface area contributed by atoms with Crippen molar-refractivity contribution in [1.82, 2.24) is 0 Å². The minimum atomic E-state index is -0.319. The molecule has 0 unspecified atom stereocenters. The summed E-state index contributed by atoms with van der Waals surface area (Å²) in [5.41, 5.74) is 2.17. The maximum Gasteiger partial charge on any atom is 0.231 e. The first-order valence-electron chi connectivity index (χ1n) is 9.12. The number of methoxy groups -OCH3 is 2. The summed E-state index contributed by atoms with van der Waals surface area (Å²) < 4.78 is 34.4. The van der Waals surface area contributed by atoms with Gasteiger partial charge in [0.1, 0.15) is 5.75 Å². The summed E-state index contributed by atoms with van der Waals surface area (Å²) in [5, 5.41) is 0. The molecule has 3 heterocycles. The van der Waals surface area contributed by atoms with Crippen LogP contribution in [0.5, 0.6) is 17.2 Å². The van der Waals surface area contributed by atoms with Gasteiger partial charge in [-0.3, -0.25) is 0 Å². The second kappa shape index (κ2) is 6.71. The Morgan fingerprint density at radius 1 is 0.889 bits per heavy atom. The smallest absolute Gasteiger partial charge is 0.231 e. The Labute approximate surface area is 157 Å². The predicted molar refractivity (Wildman–Crippen MR) is 95.9 cm³/mol. The van der Waals surface area contributed by atoms with Crippen LogP contribution < -0.4 is 14.2 Å². The molecule has 5 rings (SSSR count). The lowest BCUT2D eigenvalue weighted by atomic mass is 9.84. The van der Waals surface area contributed by atoms with Crippen molar-refractivity contribution >= 4 is 0 Å². The van der Waals surface area contributed by atoms with Gasteiger partial charge in [0, 0.05) is 18.9 Å². The molecule has 5 atom stereocenters. The van der Waals surface area contributed by atoms with Crippen molar-refractivity contribution in [2.75, 3.05) is 27.6 Å². The molecule has 2 saturated heterocycles. The van der Waals surface area contributed by atoms with Gasteiger partial charge in [-0.05, 0) is 35.4 Å². The molecule has 27 heavy (non-hydrogen) atoms. The fraction of sp³-hybridized carbons (Fsp3) is 0.429. The molecule has 0 aliphatic carbocycles. The molecule has 0 saturated carbocycles. The molecular formula is C21H22O6. The summed E-state index contributed by atoms with van der Waals surface area (Å²) in [4.78, 5) is 0. The summed E-state index contributed by atoms with van der Waals surface area (Å²) in [6.45, 7) is 0.889. The number of hydrogen-bond donors (Lipinski definition) is 0. The number of benzene rings is 2. The lowest BCUT2D eigenvalue weighted by molar-refractivity contribution is -0.153. The molecule has 0 N–H and O–H groups in total. The molecule has 142 valence electrons. The van der Waals surface area contributed by atoms with E-state index in [1.807, 2.05) is 42.5 Å². The largest absolute Gasteiger partial charge is 0.497 e. The number of rotatable bonds is 4. The van der Waals surface area contributed by atoms with Crippen LogP contribution in [0.4, 0.5) is 0 Å². The van der Waals surface area contributed by atoms with Crippen molar-refractivity contribution < 1.29 is 28.4 Å². The number of hydrogen-bond acceptors (Lipinski definition) is 6. The normalized spacial score (nSPS) is 31.1. The summed E-state index contributed by atoms with van der Waals surface area (Å²) in [7, 11) is 3.35. The highest BCUT2D eigenvalue weighted by atomic mass is 16.7. The highest BCUT2D eigenvalue weighted by molar-refractivity contribution is 5.45. The van der Waals surface area contributed by atoms with Crippen LogP contribution in [0, 0.1) is 11.8 Å². The van der Waals surface area contributed by atoms with Gasteiger partial charge in [-0.1, -0.05) is 18.2 Å². The predicted octanol–water partition coefficient (Wildman–Crippen LogP) is 3.47.